The summed E-state index contributed by atoms with van der Waals surface area (Å²) in [5, 5.41) is 10.6. The second-order valence-corrected chi connectivity index (χ2v) is 6.02. The predicted octanol–water partition coefficient (Wildman–Crippen LogP) is 0.397. The van der Waals surface area contributed by atoms with Crippen molar-refractivity contribution < 1.29 is 4.79 Å². The Morgan fingerprint density at radius 1 is 1.19 bits per heavy atom. The number of hydrogen-bond acceptors (Lipinski definition) is 4. The fourth-order valence-electron chi connectivity index (χ4n) is 3.28. The number of nitrogens with one attached hydrogen (secondary N) is 2. The summed E-state index contributed by atoms with van der Waals surface area (Å²) in [6.07, 6.45) is 3.62. The molecule has 2 aliphatic heterocycles. The number of carbonyl (C=O) groups excluding carboxylic acids is 1. The topological polar surface area (TPSA) is 64.3 Å². The molecule has 1 saturated heterocycles. The highest BCUT2D eigenvalue weighted by Gasteiger charge is 2.33. The van der Waals surface area contributed by atoms with Crippen LogP contribution in [0.4, 0.5) is 0 Å². The Kier molecular flexibility index (Phi) is 4.19. The molecule has 0 unspecified atom stereocenters. The zero-order chi connectivity index (χ0) is 13.5. The van der Waals surface area contributed by atoms with Gasteiger partial charge < -0.3 is 10.2 Å². The minimum atomic E-state index is 0. The van der Waals surface area contributed by atoms with E-state index in [1.807, 2.05) is 4.90 Å². The lowest BCUT2D eigenvalue weighted by Gasteiger charge is -2.34. The fourth-order valence-corrected chi connectivity index (χ4v) is 3.28. The van der Waals surface area contributed by atoms with Gasteiger partial charge in [-0.15, -0.1) is 12.4 Å². The van der Waals surface area contributed by atoms with Crippen LogP contribution in [0.1, 0.15) is 34.6 Å². The third-order valence-electron chi connectivity index (χ3n) is 4.67. The highest BCUT2D eigenvalue weighted by molar-refractivity contribution is 5.94. The van der Waals surface area contributed by atoms with Crippen molar-refractivity contribution in [2.75, 3.05) is 32.7 Å². The van der Waals surface area contributed by atoms with Gasteiger partial charge in [-0.3, -0.25) is 14.8 Å². The second-order valence-electron chi connectivity index (χ2n) is 6.02. The van der Waals surface area contributed by atoms with Crippen LogP contribution >= 0.6 is 12.4 Å². The summed E-state index contributed by atoms with van der Waals surface area (Å²) >= 11 is 0. The number of fused-ring (bicyclic) bond motifs is 1. The van der Waals surface area contributed by atoms with Gasteiger partial charge in [-0.2, -0.15) is 5.10 Å². The standard InChI is InChI=1S/C14H21N5O.ClH/c20-14(13-11-9-15-4-3-12(11)16-17-13)19-7-5-18(6-8-19)10-1-2-10;/h10,15H,1-9H2,(H,16,17);1H. The first-order valence-electron chi connectivity index (χ1n) is 7.63. The van der Waals surface area contributed by atoms with Gasteiger partial charge >= 0.3 is 0 Å². The van der Waals surface area contributed by atoms with Gasteiger partial charge in [-0.25, -0.2) is 0 Å². The molecule has 4 rings (SSSR count). The van der Waals surface area contributed by atoms with Gasteiger partial charge in [0.15, 0.2) is 5.69 Å². The number of aromatic nitrogens is 2. The van der Waals surface area contributed by atoms with E-state index in [-0.39, 0.29) is 18.3 Å². The second kappa shape index (κ2) is 5.94. The van der Waals surface area contributed by atoms with Crippen LogP contribution in [0.2, 0.25) is 0 Å². The van der Waals surface area contributed by atoms with E-state index in [0.29, 0.717) is 5.69 Å². The van der Waals surface area contributed by atoms with E-state index in [1.54, 1.807) is 0 Å². The number of hydrogen-bond donors (Lipinski definition) is 2. The van der Waals surface area contributed by atoms with Crippen LogP contribution in [-0.4, -0.2) is 64.7 Å². The molecule has 2 fully saturated rings. The molecule has 1 aromatic rings. The van der Waals surface area contributed by atoms with Crippen molar-refractivity contribution >= 4 is 18.3 Å². The zero-order valence-electron chi connectivity index (χ0n) is 12.1. The van der Waals surface area contributed by atoms with E-state index < -0.39 is 0 Å². The van der Waals surface area contributed by atoms with Crippen molar-refractivity contribution in [3.8, 4) is 0 Å². The Morgan fingerprint density at radius 2 is 1.95 bits per heavy atom. The quantitative estimate of drug-likeness (QED) is 0.830. The largest absolute Gasteiger partial charge is 0.335 e. The van der Waals surface area contributed by atoms with E-state index >= 15 is 0 Å². The SMILES string of the molecule is Cl.O=C(c1n[nH]c2c1CNCC2)N1CCN(C2CC2)CC1. The summed E-state index contributed by atoms with van der Waals surface area (Å²) in [5.41, 5.74) is 2.83. The number of carbonyl (C=O) groups is 1. The number of amides is 1. The number of aromatic amines is 1. The molecule has 7 heteroatoms. The highest BCUT2D eigenvalue weighted by atomic mass is 35.5. The minimum Gasteiger partial charge on any atom is -0.335 e. The summed E-state index contributed by atoms with van der Waals surface area (Å²) < 4.78 is 0. The lowest BCUT2D eigenvalue weighted by atomic mass is 10.1. The van der Waals surface area contributed by atoms with E-state index in [4.69, 9.17) is 0 Å². The van der Waals surface area contributed by atoms with Gasteiger partial charge in [0.1, 0.15) is 0 Å². The molecule has 6 nitrogen and oxygen atoms in total. The Balaban J connectivity index is 0.00000132. The van der Waals surface area contributed by atoms with Crippen molar-refractivity contribution in [2.45, 2.75) is 31.8 Å². The normalized spacial score (nSPS) is 22.6. The van der Waals surface area contributed by atoms with Gasteiger partial charge in [-0.1, -0.05) is 0 Å². The smallest absolute Gasteiger partial charge is 0.274 e. The maximum atomic E-state index is 12.6. The van der Waals surface area contributed by atoms with Crippen LogP contribution in [0, 0.1) is 0 Å². The fraction of sp³-hybridized carbons (Fsp3) is 0.714. The van der Waals surface area contributed by atoms with E-state index in [0.717, 1.165) is 63.0 Å². The van der Waals surface area contributed by atoms with Crippen molar-refractivity contribution in [3.05, 3.63) is 17.0 Å². The van der Waals surface area contributed by atoms with Crippen molar-refractivity contribution in [1.29, 1.82) is 0 Å². The van der Waals surface area contributed by atoms with Gasteiger partial charge in [0, 0.05) is 63.0 Å². The predicted molar refractivity (Wildman–Crippen MR) is 81.7 cm³/mol. The molecule has 0 aromatic carbocycles. The molecule has 2 N–H and O–H groups in total. The molecule has 3 aliphatic rings. The average molecular weight is 312 g/mol. The van der Waals surface area contributed by atoms with Crippen LogP contribution in [0.5, 0.6) is 0 Å². The number of halogens is 1. The first-order valence-corrected chi connectivity index (χ1v) is 7.63. The summed E-state index contributed by atoms with van der Waals surface area (Å²) in [4.78, 5) is 17.1. The van der Waals surface area contributed by atoms with Crippen molar-refractivity contribution in [2.24, 2.45) is 0 Å². The number of nitrogens with zero attached hydrogens (tertiary/aromatic N) is 3. The lowest BCUT2D eigenvalue weighted by Crippen LogP contribution is -2.49. The van der Waals surface area contributed by atoms with Crippen LogP contribution < -0.4 is 5.32 Å². The molecule has 0 bridgehead atoms. The van der Waals surface area contributed by atoms with Crippen molar-refractivity contribution in [1.82, 2.24) is 25.3 Å². The number of rotatable bonds is 2. The Bertz CT molecular complexity index is 519. The van der Waals surface area contributed by atoms with Crippen LogP contribution in [0.3, 0.4) is 0 Å². The Morgan fingerprint density at radius 3 is 2.67 bits per heavy atom. The first-order chi connectivity index (χ1) is 9.83. The maximum absolute atomic E-state index is 12.6. The summed E-state index contributed by atoms with van der Waals surface area (Å²) in [7, 11) is 0. The van der Waals surface area contributed by atoms with Crippen LogP contribution in [0.15, 0.2) is 0 Å². The molecule has 1 aliphatic carbocycles. The van der Waals surface area contributed by atoms with E-state index in [9.17, 15) is 4.79 Å². The molecule has 116 valence electrons. The third-order valence-corrected chi connectivity index (χ3v) is 4.67. The maximum Gasteiger partial charge on any atom is 0.274 e. The molecular formula is C14H22ClN5O. The number of H-pyrrole nitrogens is 1. The minimum absolute atomic E-state index is 0. The lowest BCUT2D eigenvalue weighted by molar-refractivity contribution is 0.0620. The Hall–Kier alpha value is -1.11. The molecular weight excluding hydrogens is 290 g/mol. The summed E-state index contributed by atoms with van der Waals surface area (Å²) in [6.45, 7) is 5.43. The van der Waals surface area contributed by atoms with Crippen LogP contribution in [0.25, 0.3) is 0 Å². The Labute approximate surface area is 130 Å². The first kappa shape index (κ1) is 14.8. The molecule has 21 heavy (non-hydrogen) atoms. The average Bonchev–Trinajstić information content (AvgIpc) is 3.26. The molecule has 0 atom stereocenters. The molecule has 3 heterocycles. The van der Waals surface area contributed by atoms with Gasteiger partial charge in [0.05, 0.1) is 0 Å². The van der Waals surface area contributed by atoms with Gasteiger partial charge in [0.2, 0.25) is 0 Å². The monoisotopic (exact) mass is 311 g/mol. The highest BCUT2D eigenvalue weighted by Crippen LogP contribution is 2.27. The molecule has 0 radical (unpaired) electrons. The summed E-state index contributed by atoms with van der Waals surface area (Å²) in [5.74, 6) is 0.0987. The third kappa shape index (κ3) is 2.80. The molecule has 0 spiro atoms. The van der Waals surface area contributed by atoms with Crippen LogP contribution in [-0.2, 0) is 13.0 Å². The van der Waals surface area contributed by atoms with E-state index in [1.165, 1.54) is 12.8 Å². The van der Waals surface area contributed by atoms with Crippen molar-refractivity contribution in [3.63, 3.8) is 0 Å². The van der Waals surface area contributed by atoms with Gasteiger partial charge in [0.25, 0.3) is 5.91 Å². The van der Waals surface area contributed by atoms with E-state index in [2.05, 4.69) is 20.4 Å². The zero-order valence-corrected chi connectivity index (χ0v) is 12.9. The van der Waals surface area contributed by atoms with Gasteiger partial charge in [-0.05, 0) is 12.8 Å². The molecule has 1 saturated carbocycles. The molecule has 1 amide bonds. The number of piperazine rings is 1. The summed E-state index contributed by atoms with van der Waals surface area (Å²) in [6, 6.07) is 0.801. The molecule has 1 aromatic heterocycles.